The number of nitrogens with two attached hydrogens (primary N) is 1. The van der Waals surface area contributed by atoms with Crippen molar-refractivity contribution >= 4 is 5.69 Å². The monoisotopic (exact) mass is 293 g/mol. The molecule has 1 saturated carbocycles. The minimum absolute atomic E-state index is 0.778. The third-order valence-corrected chi connectivity index (χ3v) is 5.23. The molecule has 1 fully saturated rings. The Balaban J connectivity index is 1.73. The van der Waals surface area contributed by atoms with Gasteiger partial charge in [-0.3, -0.25) is 0 Å². The highest BCUT2D eigenvalue weighted by atomic mass is 14.5. The van der Waals surface area contributed by atoms with E-state index < -0.39 is 0 Å². The van der Waals surface area contributed by atoms with Crippen LogP contribution in [0.15, 0.2) is 42.5 Å². The minimum atomic E-state index is 0.778. The third kappa shape index (κ3) is 3.52. The van der Waals surface area contributed by atoms with E-state index in [0.29, 0.717) is 0 Å². The summed E-state index contributed by atoms with van der Waals surface area (Å²) in [6.45, 7) is 4.64. The van der Waals surface area contributed by atoms with Gasteiger partial charge in [-0.2, -0.15) is 0 Å². The van der Waals surface area contributed by atoms with E-state index >= 15 is 0 Å². The molecule has 2 aromatic carbocycles. The van der Waals surface area contributed by atoms with Crippen LogP contribution in [-0.2, 0) is 6.42 Å². The second-order valence-corrected chi connectivity index (χ2v) is 7.06. The lowest BCUT2D eigenvalue weighted by Crippen LogP contribution is -2.11. The lowest BCUT2D eigenvalue weighted by Gasteiger charge is -2.27. The lowest BCUT2D eigenvalue weighted by atomic mass is 9.79. The number of aryl methyl sites for hydroxylation is 1. The van der Waals surface area contributed by atoms with Crippen molar-refractivity contribution in [2.24, 2.45) is 5.92 Å². The van der Waals surface area contributed by atoms with Crippen molar-refractivity contribution in [2.75, 3.05) is 5.73 Å². The highest BCUT2D eigenvalue weighted by Gasteiger charge is 2.20. The van der Waals surface area contributed by atoms with Gasteiger partial charge in [0, 0.05) is 5.69 Å². The molecule has 0 amide bonds. The topological polar surface area (TPSA) is 26.0 Å². The molecule has 1 aliphatic rings. The molecule has 3 rings (SSSR count). The number of hydrogen-bond acceptors (Lipinski definition) is 1. The largest absolute Gasteiger partial charge is 0.399 e. The molecule has 1 aliphatic carbocycles. The smallest absolute Gasteiger partial charge is 0.0314 e. The Morgan fingerprint density at radius 1 is 0.955 bits per heavy atom. The lowest BCUT2D eigenvalue weighted by molar-refractivity contribution is 0.348. The highest BCUT2D eigenvalue weighted by Crippen LogP contribution is 2.36. The molecule has 2 aromatic rings. The van der Waals surface area contributed by atoms with Crippen LogP contribution in [0.5, 0.6) is 0 Å². The maximum Gasteiger partial charge on any atom is 0.0314 e. The van der Waals surface area contributed by atoms with E-state index in [4.69, 9.17) is 5.73 Å². The fourth-order valence-electron chi connectivity index (χ4n) is 3.62. The van der Waals surface area contributed by atoms with Gasteiger partial charge < -0.3 is 5.73 Å². The predicted octanol–water partition coefficient (Wildman–Crippen LogP) is 5.46. The van der Waals surface area contributed by atoms with E-state index in [-0.39, 0.29) is 0 Å². The summed E-state index contributed by atoms with van der Waals surface area (Å²) in [4.78, 5) is 0. The van der Waals surface area contributed by atoms with Crippen molar-refractivity contribution in [1.29, 1.82) is 0 Å². The zero-order valence-electron chi connectivity index (χ0n) is 13.8. The van der Waals surface area contributed by atoms with Crippen LogP contribution in [0.3, 0.4) is 0 Å². The standard InChI is InChI=1S/C21H27N/c1-15-3-7-18(8-4-15)20-10-9-19(16(2)13-20)14-17-5-11-21(22)12-6-17/h5-6,9-13,15,18H,3-4,7-8,14,22H2,1-2H3. The van der Waals surface area contributed by atoms with Gasteiger partial charge in [0.25, 0.3) is 0 Å². The van der Waals surface area contributed by atoms with Crippen molar-refractivity contribution in [1.82, 2.24) is 0 Å². The molecule has 0 bridgehead atoms. The second kappa shape index (κ2) is 6.56. The third-order valence-electron chi connectivity index (χ3n) is 5.23. The quantitative estimate of drug-likeness (QED) is 0.747. The van der Waals surface area contributed by atoms with E-state index in [2.05, 4.69) is 44.2 Å². The summed E-state index contributed by atoms with van der Waals surface area (Å²) in [6, 6.07) is 15.4. The summed E-state index contributed by atoms with van der Waals surface area (Å²) in [5, 5.41) is 0. The van der Waals surface area contributed by atoms with Crippen molar-refractivity contribution < 1.29 is 0 Å². The number of rotatable bonds is 3. The molecule has 0 aromatic heterocycles. The number of nitrogen functional groups attached to an aromatic ring is 1. The van der Waals surface area contributed by atoms with Crippen molar-refractivity contribution in [3.05, 3.63) is 64.7 Å². The first-order valence-electron chi connectivity index (χ1n) is 8.55. The van der Waals surface area contributed by atoms with Gasteiger partial charge in [-0.25, -0.2) is 0 Å². The Bertz CT molecular complexity index is 619. The maximum absolute atomic E-state index is 5.76. The second-order valence-electron chi connectivity index (χ2n) is 7.06. The van der Waals surface area contributed by atoms with Gasteiger partial charge in [0.05, 0.1) is 0 Å². The van der Waals surface area contributed by atoms with Gasteiger partial charge in [0.15, 0.2) is 0 Å². The molecule has 0 atom stereocenters. The summed E-state index contributed by atoms with van der Waals surface area (Å²) < 4.78 is 0. The SMILES string of the molecule is Cc1cc(C2CCC(C)CC2)ccc1Cc1ccc(N)cc1. The molecule has 116 valence electrons. The van der Waals surface area contributed by atoms with Crippen molar-refractivity contribution in [2.45, 2.75) is 51.9 Å². The van der Waals surface area contributed by atoms with Crippen LogP contribution in [0.25, 0.3) is 0 Å². The normalized spacial score (nSPS) is 21.7. The fourth-order valence-corrected chi connectivity index (χ4v) is 3.62. The molecule has 0 saturated heterocycles. The van der Waals surface area contributed by atoms with Gasteiger partial charge in [-0.1, -0.05) is 50.1 Å². The van der Waals surface area contributed by atoms with E-state index in [0.717, 1.165) is 23.9 Å². The van der Waals surface area contributed by atoms with E-state index in [1.807, 2.05) is 12.1 Å². The average Bonchev–Trinajstić information content (AvgIpc) is 2.52. The van der Waals surface area contributed by atoms with Gasteiger partial charge >= 0.3 is 0 Å². The predicted molar refractivity (Wildman–Crippen MR) is 95.2 cm³/mol. The Hall–Kier alpha value is -1.76. The molecule has 2 N–H and O–H groups in total. The molecule has 1 heteroatoms. The molecule has 0 heterocycles. The Morgan fingerprint density at radius 2 is 1.64 bits per heavy atom. The Labute approximate surface area is 134 Å². The van der Waals surface area contributed by atoms with Crippen LogP contribution in [0.1, 0.15) is 60.8 Å². The summed E-state index contributed by atoms with van der Waals surface area (Å²) in [7, 11) is 0. The van der Waals surface area contributed by atoms with Crippen molar-refractivity contribution in [3.8, 4) is 0 Å². The molecule has 0 aliphatic heterocycles. The zero-order valence-corrected chi connectivity index (χ0v) is 13.8. The summed E-state index contributed by atoms with van der Waals surface area (Å²) in [6.07, 6.45) is 6.48. The number of benzene rings is 2. The summed E-state index contributed by atoms with van der Waals surface area (Å²) in [5.41, 5.74) is 12.3. The summed E-state index contributed by atoms with van der Waals surface area (Å²) in [5.74, 6) is 1.70. The summed E-state index contributed by atoms with van der Waals surface area (Å²) >= 11 is 0. The first-order valence-corrected chi connectivity index (χ1v) is 8.55. The molecule has 22 heavy (non-hydrogen) atoms. The van der Waals surface area contributed by atoms with Gasteiger partial charge in [0.1, 0.15) is 0 Å². The molecule has 1 nitrogen and oxygen atoms in total. The number of anilines is 1. The van der Waals surface area contributed by atoms with Gasteiger partial charge in [0.2, 0.25) is 0 Å². The van der Waals surface area contributed by atoms with Crippen LogP contribution < -0.4 is 5.73 Å². The van der Waals surface area contributed by atoms with E-state index in [1.165, 1.54) is 42.4 Å². The first-order chi connectivity index (χ1) is 10.6. The highest BCUT2D eigenvalue weighted by molar-refractivity contribution is 5.42. The van der Waals surface area contributed by atoms with Gasteiger partial charge in [-0.05, 0) is 72.4 Å². The Kier molecular flexibility index (Phi) is 4.52. The van der Waals surface area contributed by atoms with E-state index in [1.54, 1.807) is 5.56 Å². The molecule has 0 radical (unpaired) electrons. The molecular formula is C21H27N. The zero-order chi connectivity index (χ0) is 15.5. The fraction of sp³-hybridized carbons (Fsp3) is 0.429. The van der Waals surface area contributed by atoms with Crippen LogP contribution in [-0.4, -0.2) is 0 Å². The first kappa shape index (κ1) is 15.1. The van der Waals surface area contributed by atoms with Crippen LogP contribution in [0.4, 0.5) is 5.69 Å². The maximum atomic E-state index is 5.76. The average molecular weight is 293 g/mol. The van der Waals surface area contributed by atoms with E-state index in [9.17, 15) is 0 Å². The molecule has 0 spiro atoms. The van der Waals surface area contributed by atoms with Crippen LogP contribution in [0, 0.1) is 12.8 Å². The van der Waals surface area contributed by atoms with Crippen molar-refractivity contribution in [3.63, 3.8) is 0 Å². The number of hydrogen-bond donors (Lipinski definition) is 1. The molecular weight excluding hydrogens is 266 g/mol. The van der Waals surface area contributed by atoms with Crippen LogP contribution >= 0.6 is 0 Å². The molecule has 0 unspecified atom stereocenters. The minimum Gasteiger partial charge on any atom is -0.399 e. The van der Waals surface area contributed by atoms with Crippen LogP contribution in [0.2, 0.25) is 0 Å². The Morgan fingerprint density at radius 3 is 2.27 bits per heavy atom. The van der Waals surface area contributed by atoms with Gasteiger partial charge in [-0.15, -0.1) is 0 Å².